The summed E-state index contributed by atoms with van der Waals surface area (Å²) >= 11 is 3.40. The summed E-state index contributed by atoms with van der Waals surface area (Å²) < 4.78 is 1.22. The van der Waals surface area contributed by atoms with E-state index in [1.54, 1.807) is 23.1 Å². The van der Waals surface area contributed by atoms with Crippen LogP contribution in [0.25, 0.3) is 0 Å². The lowest BCUT2D eigenvalue weighted by Gasteiger charge is -2.15. The van der Waals surface area contributed by atoms with Crippen LogP contribution in [0.4, 0.5) is 0 Å². The van der Waals surface area contributed by atoms with Crippen molar-refractivity contribution < 1.29 is 9.90 Å². The number of hydrogen-bond acceptors (Lipinski definition) is 4. The largest absolute Gasteiger partial charge is 0.392 e. The van der Waals surface area contributed by atoms with Gasteiger partial charge in [0, 0.05) is 13.1 Å². The number of rotatable bonds is 6. The minimum absolute atomic E-state index is 0.0884. The summed E-state index contributed by atoms with van der Waals surface area (Å²) in [6.07, 6.45) is 2.06. The lowest BCUT2D eigenvalue weighted by atomic mass is 9.98. The molecule has 1 saturated heterocycles. The SMILES string of the molecule is CCSc1ccc(C(=O)N2CC[C@@H](Cc3ccc(CO)cc3)C2)s1. The molecule has 1 aliphatic rings. The molecule has 128 valence electrons. The highest BCUT2D eigenvalue weighted by Gasteiger charge is 2.27. The predicted octanol–water partition coefficient (Wildman–Crippen LogP) is 4.06. The summed E-state index contributed by atoms with van der Waals surface area (Å²) in [7, 11) is 0. The summed E-state index contributed by atoms with van der Waals surface area (Å²) in [6, 6.07) is 12.2. The molecule has 1 amide bonds. The number of likely N-dealkylation sites (tertiary alicyclic amines) is 1. The Morgan fingerprint density at radius 1 is 1.25 bits per heavy atom. The van der Waals surface area contributed by atoms with Crippen molar-refractivity contribution in [2.45, 2.75) is 30.6 Å². The lowest BCUT2D eigenvalue weighted by molar-refractivity contribution is 0.0792. The van der Waals surface area contributed by atoms with Gasteiger partial charge in [0.25, 0.3) is 5.91 Å². The maximum Gasteiger partial charge on any atom is 0.263 e. The van der Waals surface area contributed by atoms with Crippen LogP contribution in [0.5, 0.6) is 0 Å². The van der Waals surface area contributed by atoms with E-state index in [9.17, 15) is 4.79 Å². The van der Waals surface area contributed by atoms with Crippen molar-refractivity contribution in [1.82, 2.24) is 4.90 Å². The molecule has 1 fully saturated rings. The number of carbonyl (C=O) groups excluding carboxylic acids is 1. The van der Waals surface area contributed by atoms with Gasteiger partial charge < -0.3 is 10.0 Å². The Labute approximate surface area is 151 Å². The van der Waals surface area contributed by atoms with E-state index in [0.717, 1.165) is 42.1 Å². The summed E-state index contributed by atoms with van der Waals surface area (Å²) in [5.74, 6) is 1.74. The van der Waals surface area contributed by atoms with Crippen LogP contribution >= 0.6 is 23.1 Å². The number of benzene rings is 1. The fourth-order valence-electron chi connectivity index (χ4n) is 3.11. The van der Waals surface area contributed by atoms with Gasteiger partial charge in [-0.15, -0.1) is 23.1 Å². The molecule has 1 aromatic carbocycles. The highest BCUT2D eigenvalue weighted by molar-refractivity contribution is 8.01. The first kappa shape index (κ1) is 17.5. The second-order valence-electron chi connectivity index (χ2n) is 6.14. The normalized spacial score (nSPS) is 17.4. The predicted molar refractivity (Wildman–Crippen MR) is 101 cm³/mol. The molecule has 5 heteroatoms. The number of aliphatic hydroxyl groups excluding tert-OH is 1. The molecule has 2 aromatic rings. The van der Waals surface area contributed by atoms with Crippen molar-refractivity contribution in [3.63, 3.8) is 0 Å². The number of thioether (sulfide) groups is 1. The zero-order chi connectivity index (χ0) is 16.9. The number of carbonyl (C=O) groups is 1. The third-order valence-corrected chi connectivity index (χ3v) is 6.56. The Morgan fingerprint density at radius 3 is 2.71 bits per heavy atom. The molecular weight excluding hydrogens is 338 g/mol. The third kappa shape index (κ3) is 4.21. The summed E-state index contributed by atoms with van der Waals surface area (Å²) in [6.45, 7) is 3.91. The fourth-order valence-corrected chi connectivity index (χ4v) is 5.12. The topological polar surface area (TPSA) is 40.5 Å². The highest BCUT2D eigenvalue weighted by atomic mass is 32.2. The average Bonchev–Trinajstić information content (AvgIpc) is 3.25. The first-order valence-corrected chi connectivity index (χ1v) is 10.2. The van der Waals surface area contributed by atoms with Crippen molar-refractivity contribution in [2.75, 3.05) is 18.8 Å². The Kier molecular flexibility index (Phi) is 5.98. The molecule has 0 saturated carbocycles. The second kappa shape index (κ2) is 8.19. The van der Waals surface area contributed by atoms with Crippen LogP contribution in [-0.2, 0) is 13.0 Å². The maximum atomic E-state index is 12.6. The van der Waals surface area contributed by atoms with Crippen molar-refractivity contribution in [1.29, 1.82) is 0 Å². The van der Waals surface area contributed by atoms with Gasteiger partial charge >= 0.3 is 0 Å². The third-order valence-electron chi connectivity index (χ3n) is 4.38. The van der Waals surface area contributed by atoms with Crippen LogP contribution in [0.15, 0.2) is 40.6 Å². The molecular formula is C19H23NO2S2. The minimum Gasteiger partial charge on any atom is -0.392 e. The molecule has 0 spiro atoms. The van der Waals surface area contributed by atoms with Crippen molar-refractivity contribution in [3.05, 3.63) is 52.4 Å². The molecule has 1 atom stereocenters. The van der Waals surface area contributed by atoms with Crippen molar-refractivity contribution in [3.8, 4) is 0 Å². The van der Waals surface area contributed by atoms with Gasteiger partial charge in [0.05, 0.1) is 15.7 Å². The minimum atomic E-state index is 0.0884. The van der Waals surface area contributed by atoms with Gasteiger partial charge in [-0.25, -0.2) is 0 Å². The molecule has 0 bridgehead atoms. The van der Waals surface area contributed by atoms with Crippen LogP contribution in [-0.4, -0.2) is 34.8 Å². The molecule has 0 radical (unpaired) electrons. The maximum absolute atomic E-state index is 12.6. The molecule has 0 aliphatic carbocycles. The highest BCUT2D eigenvalue weighted by Crippen LogP contribution is 2.29. The number of amides is 1. The van der Waals surface area contributed by atoms with E-state index in [4.69, 9.17) is 5.11 Å². The van der Waals surface area contributed by atoms with Gasteiger partial charge in [0.1, 0.15) is 0 Å². The molecule has 1 aliphatic heterocycles. The first-order valence-electron chi connectivity index (χ1n) is 8.40. The molecule has 0 unspecified atom stereocenters. The molecule has 24 heavy (non-hydrogen) atoms. The van der Waals surface area contributed by atoms with E-state index >= 15 is 0 Å². The Morgan fingerprint density at radius 2 is 2.00 bits per heavy atom. The zero-order valence-corrected chi connectivity index (χ0v) is 15.5. The smallest absolute Gasteiger partial charge is 0.263 e. The van der Waals surface area contributed by atoms with Gasteiger partial charge in [-0.3, -0.25) is 4.79 Å². The number of hydrogen-bond donors (Lipinski definition) is 1. The zero-order valence-electron chi connectivity index (χ0n) is 13.9. The summed E-state index contributed by atoms with van der Waals surface area (Å²) in [4.78, 5) is 15.5. The van der Waals surface area contributed by atoms with E-state index in [-0.39, 0.29) is 12.5 Å². The molecule has 3 nitrogen and oxygen atoms in total. The van der Waals surface area contributed by atoms with Crippen LogP contribution in [0.1, 0.15) is 34.1 Å². The lowest BCUT2D eigenvalue weighted by Crippen LogP contribution is -2.28. The van der Waals surface area contributed by atoms with Gasteiger partial charge in [-0.1, -0.05) is 31.2 Å². The van der Waals surface area contributed by atoms with Gasteiger partial charge in [0.2, 0.25) is 0 Å². The first-order chi connectivity index (χ1) is 11.7. The quantitative estimate of drug-likeness (QED) is 0.789. The second-order valence-corrected chi connectivity index (χ2v) is 8.78. The molecule has 1 N–H and O–H groups in total. The Bertz CT molecular complexity index is 681. The Hall–Kier alpha value is -1.30. The number of thiophene rings is 1. The van der Waals surface area contributed by atoms with Crippen LogP contribution in [0.2, 0.25) is 0 Å². The van der Waals surface area contributed by atoms with E-state index < -0.39 is 0 Å². The van der Waals surface area contributed by atoms with Crippen molar-refractivity contribution in [2.24, 2.45) is 5.92 Å². The van der Waals surface area contributed by atoms with Gasteiger partial charge in [0.15, 0.2) is 0 Å². The molecule has 3 rings (SSSR count). The van der Waals surface area contributed by atoms with Crippen LogP contribution in [0.3, 0.4) is 0 Å². The monoisotopic (exact) mass is 361 g/mol. The number of aliphatic hydroxyl groups is 1. The Balaban J connectivity index is 1.56. The van der Waals surface area contributed by atoms with Crippen LogP contribution in [0, 0.1) is 5.92 Å². The summed E-state index contributed by atoms with van der Waals surface area (Å²) in [5, 5.41) is 9.11. The number of nitrogens with zero attached hydrogens (tertiary/aromatic N) is 1. The van der Waals surface area contributed by atoms with Crippen molar-refractivity contribution >= 4 is 29.0 Å². The van der Waals surface area contributed by atoms with E-state index in [0.29, 0.717) is 5.92 Å². The van der Waals surface area contributed by atoms with E-state index in [2.05, 4.69) is 25.1 Å². The fraction of sp³-hybridized carbons (Fsp3) is 0.421. The standard InChI is InChI=1S/C19H23NO2S2/c1-2-23-18-8-7-17(24-18)19(22)20-10-9-16(12-20)11-14-3-5-15(13-21)6-4-14/h3-8,16,21H,2,9-13H2,1H3/t16-/m0/s1. The molecule has 2 heterocycles. The van der Waals surface area contributed by atoms with Crippen LogP contribution < -0.4 is 0 Å². The van der Waals surface area contributed by atoms with Gasteiger partial charge in [-0.2, -0.15) is 0 Å². The van der Waals surface area contributed by atoms with Gasteiger partial charge in [-0.05, 0) is 47.8 Å². The van der Waals surface area contributed by atoms with E-state index in [1.165, 1.54) is 9.77 Å². The van der Waals surface area contributed by atoms with E-state index in [1.807, 2.05) is 23.1 Å². The molecule has 1 aromatic heterocycles. The summed E-state index contributed by atoms with van der Waals surface area (Å²) in [5.41, 5.74) is 2.23. The average molecular weight is 362 g/mol.